The van der Waals surface area contributed by atoms with Gasteiger partial charge in [-0.3, -0.25) is 4.79 Å². The summed E-state index contributed by atoms with van der Waals surface area (Å²) in [7, 11) is 0. The molecule has 0 fully saturated rings. The summed E-state index contributed by atoms with van der Waals surface area (Å²) in [6.07, 6.45) is 1.69. The molecule has 2 aromatic carbocycles. The third kappa shape index (κ3) is 3.53. The summed E-state index contributed by atoms with van der Waals surface area (Å²) in [5.74, 6) is -0.175. The number of amides is 1. The number of aromatic nitrogens is 3. The molecule has 0 saturated heterocycles. The van der Waals surface area contributed by atoms with Crippen LogP contribution in [0.3, 0.4) is 0 Å². The second-order valence-electron chi connectivity index (χ2n) is 7.04. The van der Waals surface area contributed by atoms with Crippen molar-refractivity contribution in [3.05, 3.63) is 82.0 Å². The molecule has 0 aliphatic rings. The molecule has 1 amide bonds. The smallest absolute Gasteiger partial charge is 0.261 e. The van der Waals surface area contributed by atoms with E-state index in [4.69, 9.17) is 10.7 Å². The van der Waals surface area contributed by atoms with Gasteiger partial charge in [-0.25, -0.2) is 9.97 Å². The number of nitrogens with zero attached hydrogens (tertiary/aromatic N) is 4. The van der Waals surface area contributed by atoms with Gasteiger partial charge in [0.25, 0.3) is 5.91 Å². The Morgan fingerprint density at radius 3 is 2.65 bits per heavy atom. The van der Waals surface area contributed by atoms with Gasteiger partial charge in [0, 0.05) is 10.6 Å². The number of para-hydroxylation sites is 2. The van der Waals surface area contributed by atoms with Crippen LogP contribution in [0, 0.1) is 6.92 Å². The summed E-state index contributed by atoms with van der Waals surface area (Å²) in [4.78, 5) is 23.6. The van der Waals surface area contributed by atoms with E-state index in [2.05, 4.69) is 15.4 Å². The Hall–Kier alpha value is -4.04. The van der Waals surface area contributed by atoms with Crippen LogP contribution in [0.1, 0.15) is 20.8 Å². The van der Waals surface area contributed by atoms with Crippen molar-refractivity contribution in [1.29, 1.82) is 0 Å². The molecule has 0 radical (unpaired) electrons. The van der Waals surface area contributed by atoms with Crippen molar-refractivity contribution in [3.63, 3.8) is 0 Å². The van der Waals surface area contributed by atoms with E-state index in [1.807, 2.05) is 73.0 Å². The number of fused-ring (bicyclic) bond motifs is 2. The highest BCUT2D eigenvalue weighted by Crippen LogP contribution is 2.29. The zero-order valence-corrected chi connectivity index (χ0v) is 17.4. The average Bonchev–Trinajstić information content (AvgIpc) is 3.36. The summed E-state index contributed by atoms with van der Waals surface area (Å²) < 4.78 is 1.47. The first-order valence-electron chi connectivity index (χ1n) is 9.63. The van der Waals surface area contributed by atoms with E-state index in [0.717, 1.165) is 10.4 Å². The summed E-state index contributed by atoms with van der Waals surface area (Å²) in [5.41, 5.74) is 10.6. The van der Waals surface area contributed by atoms with Crippen LogP contribution in [-0.2, 0) is 0 Å². The van der Waals surface area contributed by atoms with E-state index in [9.17, 15) is 4.79 Å². The zero-order valence-electron chi connectivity index (χ0n) is 16.6. The third-order valence-corrected chi connectivity index (χ3v) is 5.63. The lowest BCUT2D eigenvalue weighted by Gasteiger charge is -2.06. The fourth-order valence-corrected chi connectivity index (χ4v) is 3.96. The predicted octanol–water partition coefficient (Wildman–Crippen LogP) is 4.67. The Labute approximate surface area is 181 Å². The number of hydrogen-bond acceptors (Lipinski definition) is 6. The standard InChI is InChI=1S/C23H18N6OS/c1-14-6-4-7-15(12-14)26-23(30)19-20-22(28-18-10-3-2-9-17(18)27-20)29(21(19)24)25-13-16-8-5-11-31-16/h2-13H,24H2,1H3,(H,26,30)/b25-13+. The molecular formula is C23H18N6OS. The van der Waals surface area contributed by atoms with Crippen molar-refractivity contribution < 1.29 is 4.79 Å². The van der Waals surface area contributed by atoms with E-state index < -0.39 is 0 Å². The summed E-state index contributed by atoms with van der Waals surface area (Å²) in [6, 6.07) is 18.9. The second-order valence-corrected chi connectivity index (χ2v) is 8.02. The lowest BCUT2D eigenvalue weighted by molar-refractivity contribution is 0.102. The van der Waals surface area contributed by atoms with E-state index in [0.29, 0.717) is 27.9 Å². The molecule has 0 saturated carbocycles. The number of nitrogen functional groups attached to an aromatic ring is 1. The molecule has 3 N–H and O–H groups in total. The van der Waals surface area contributed by atoms with Crippen molar-refractivity contribution in [2.24, 2.45) is 5.10 Å². The highest BCUT2D eigenvalue weighted by atomic mass is 32.1. The van der Waals surface area contributed by atoms with Gasteiger partial charge in [0.1, 0.15) is 16.9 Å². The van der Waals surface area contributed by atoms with Crippen molar-refractivity contribution in [3.8, 4) is 0 Å². The van der Waals surface area contributed by atoms with Gasteiger partial charge < -0.3 is 11.1 Å². The first-order valence-corrected chi connectivity index (χ1v) is 10.5. The number of carbonyl (C=O) groups excluding carboxylic acids is 1. The van der Waals surface area contributed by atoms with Gasteiger partial charge in [-0.1, -0.05) is 30.3 Å². The van der Waals surface area contributed by atoms with Gasteiger partial charge >= 0.3 is 0 Å². The van der Waals surface area contributed by atoms with Crippen LogP contribution in [-0.4, -0.2) is 26.8 Å². The fraction of sp³-hybridized carbons (Fsp3) is 0.0435. The molecule has 0 spiro atoms. The SMILES string of the molecule is Cc1cccc(NC(=O)c2c(N)n(/N=C/c3cccs3)c3nc4ccccc4nc23)c1. The monoisotopic (exact) mass is 426 g/mol. The number of anilines is 2. The lowest BCUT2D eigenvalue weighted by atomic mass is 10.2. The highest BCUT2D eigenvalue weighted by molar-refractivity contribution is 7.11. The molecule has 0 bridgehead atoms. The Morgan fingerprint density at radius 2 is 1.90 bits per heavy atom. The molecule has 8 heteroatoms. The minimum Gasteiger partial charge on any atom is -0.383 e. The normalized spacial score (nSPS) is 11.5. The Kier molecular flexibility index (Phi) is 4.68. The van der Waals surface area contributed by atoms with Crippen molar-refractivity contribution in [2.75, 3.05) is 11.1 Å². The maximum atomic E-state index is 13.2. The van der Waals surface area contributed by atoms with Crippen LogP contribution in [0.5, 0.6) is 0 Å². The number of benzene rings is 2. The van der Waals surface area contributed by atoms with Gasteiger partial charge in [0.2, 0.25) is 0 Å². The number of carbonyl (C=O) groups is 1. The predicted molar refractivity (Wildman–Crippen MR) is 126 cm³/mol. The van der Waals surface area contributed by atoms with Gasteiger partial charge in [-0.2, -0.15) is 9.78 Å². The number of hydrogen-bond donors (Lipinski definition) is 2. The van der Waals surface area contributed by atoms with Crippen LogP contribution in [0.4, 0.5) is 11.5 Å². The fourth-order valence-electron chi connectivity index (χ4n) is 3.38. The third-order valence-electron chi connectivity index (χ3n) is 4.82. The Morgan fingerprint density at radius 1 is 1.10 bits per heavy atom. The maximum absolute atomic E-state index is 13.2. The maximum Gasteiger partial charge on any atom is 0.261 e. The van der Waals surface area contributed by atoms with Gasteiger partial charge in [0.15, 0.2) is 5.65 Å². The van der Waals surface area contributed by atoms with Gasteiger partial charge in [0.05, 0.1) is 17.2 Å². The Bertz CT molecular complexity index is 1450. The van der Waals surface area contributed by atoms with Crippen LogP contribution in [0.2, 0.25) is 0 Å². The number of nitrogens with two attached hydrogens (primary N) is 1. The van der Waals surface area contributed by atoms with Gasteiger partial charge in [-0.15, -0.1) is 11.3 Å². The molecule has 0 atom stereocenters. The summed E-state index contributed by atoms with van der Waals surface area (Å²) in [5, 5.41) is 9.38. The summed E-state index contributed by atoms with van der Waals surface area (Å²) in [6.45, 7) is 1.97. The molecule has 5 rings (SSSR count). The number of aryl methyl sites for hydroxylation is 1. The molecular weight excluding hydrogens is 408 g/mol. The molecule has 0 aliphatic heterocycles. The van der Waals surface area contributed by atoms with Crippen LogP contribution in [0.15, 0.2) is 71.1 Å². The number of thiophene rings is 1. The molecule has 5 aromatic rings. The molecule has 0 aliphatic carbocycles. The quantitative estimate of drug-likeness (QED) is 0.408. The summed E-state index contributed by atoms with van der Waals surface area (Å²) >= 11 is 1.55. The van der Waals surface area contributed by atoms with Crippen LogP contribution in [0.25, 0.3) is 22.2 Å². The van der Waals surface area contributed by atoms with E-state index in [1.54, 1.807) is 17.6 Å². The molecule has 0 unspecified atom stereocenters. The number of rotatable bonds is 4. The Balaban J connectivity index is 1.68. The minimum atomic E-state index is -0.359. The lowest BCUT2D eigenvalue weighted by Crippen LogP contribution is -2.14. The highest BCUT2D eigenvalue weighted by Gasteiger charge is 2.24. The molecule has 7 nitrogen and oxygen atoms in total. The van der Waals surface area contributed by atoms with E-state index >= 15 is 0 Å². The van der Waals surface area contributed by atoms with Crippen LogP contribution < -0.4 is 11.1 Å². The average molecular weight is 427 g/mol. The van der Waals surface area contributed by atoms with Crippen molar-refractivity contribution in [1.82, 2.24) is 14.6 Å². The second kappa shape index (κ2) is 7.66. The number of nitrogens with one attached hydrogen (secondary N) is 1. The minimum absolute atomic E-state index is 0.184. The molecule has 3 heterocycles. The first-order chi connectivity index (χ1) is 15.1. The van der Waals surface area contributed by atoms with Crippen LogP contribution >= 0.6 is 11.3 Å². The topological polar surface area (TPSA) is 98.2 Å². The van der Waals surface area contributed by atoms with E-state index in [1.165, 1.54) is 4.68 Å². The largest absolute Gasteiger partial charge is 0.383 e. The molecule has 152 valence electrons. The molecule has 31 heavy (non-hydrogen) atoms. The van der Waals surface area contributed by atoms with Gasteiger partial charge in [-0.05, 0) is 48.2 Å². The first kappa shape index (κ1) is 19.0. The molecule has 3 aromatic heterocycles. The zero-order chi connectivity index (χ0) is 21.4. The van der Waals surface area contributed by atoms with E-state index in [-0.39, 0.29) is 17.3 Å². The van der Waals surface area contributed by atoms with Crippen molar-refractivity contribution in [2.45, 2.75) is 6.92 Å². The van der Waals surface area contributed by atoms with Crippen molar-refractivity contribution >= 4 is 57.2 Å².